The number of nitrogens with one attached hydrogen (secondary N) is 1. The molecule has 33 heavy (non-hydrogen) atoms. The Hall–Kier alpha value is -2.98. The van der Waals surface area contributed by atoms with Crippen LogP contribution in [0.3, 0.4) is 0 Å². The average molecular weight is 472 g/mol. The summed E-state index contributed by atoms with van der Waals surface area (Å²) in [5.74, 6) is -0.0237. The summed E-state index contributed by atoms with van der Waals surface area (Å²) in [7, 11) is -3.69. The van der Waals surface area contributed by atoms with Gasteiger partial charge in [-0.25, -0.2) is 13.1 Å². The van der Waals surface area contributed by atoms with Gasteiger partial charge >= 0.3 is 0 Å². The highest BCUT2D eigenvalue weighted by Crippen LogP contribution is 2.28. The van der Waals surface area contributed by atoms with E-state index in [0.717, 1.165) is 16.9 Å². The molecule has 0 saturated carbocycles. The molecule has 1 atom stereocenters. The zero-order valence-electron chi connectivity index (χ0n) is 19.3. The number of aryl methyl sites for hydroxylation is 2. The minimum absolute atomic E-state index is 0.0660. The molecule has 0 aliphatic carbocycles. The van der Waals surface area contributed by atoms with Gasteiger partial charge in [0, 0.05) is 30.3 Å². The van der Waals surface area contributed by atoms with Crippen molar-refractivity contribution in [1.29, 1.82) is 0 Å². The molecule has 1 saturated heterocycles. The molecule has 1 amide bonds. The fourth-order valence-electron chi connectivity index (χ4n) is 4.42. The zero-order valence-corrected chi connectivity index (χ0v) is 20.1. The normalized spacial score (nSPS) is 16.6. The second-order valence-electron chi connectivity index (χ2n) is 8.49. The number of para-hydroxylation sites is 1. The van der Waals surface area contributed by atoms with E-state index in [2.05, 4.69) is 15.6 Å². The quantitative estimate of drug-likeness (QED) is 0.592. The first-order valence-corrected chi connectivity index (χ1v) is 12.5. The zero-order chi connectivity index (χ0) is 23.8. The number of piperidine rings is 1. The molecule has 1 aromatic carbocycles. The molecule has 3 heterocycles. The van der Waals surface area contributed by atoms with Crippen molar-refractivity contribution in [3.8, 4) is 5.69 Å². The van der Waals surface area contributed by atoms with Crippen LogP contribution in [0.25, 0.3) is 5.69 Å². The van der Waals surface area contributed by atoms with Crippen LogP contribution in [0.2, 0.25) is 0 Å². The van der Waals surface area contributed by atoms with Gasteiger partial charge < -0.3 is 9.84 Å². The Kier molecular flexibility index (Phi) is 6.40. The molecule has 1 N–H and O–H groups in total. The second kappa shape index (κ2) is 9.11. The summed E-state index contributed by atoms with van der Waals surface area (Å²) in [6, 6.07) is 9.63. The highest BCUT2D eigenvalue weighted by atomic mass is 32.2. The lowest BCUT2D eigenvalue weighted by Crippen LogP contribution is -2.43. The summed E-state index contributed by atoms with van der Waals surface area (Å²) < 4.78 is 34.3. The third kappa shape index (κ3) is 4.45. The molecule has 4 rings (SSSR count). The largest absolute Gasteiger partial charge is 0.360 e. The summed E-state index contributed by atoms with van der Waals surface area (Å²) in [6.45, 7) is 7.70. The van der Waals surface area contributed by atoms with Crippen LogP contribution in [0.15, 0.2) is 45.9 Å². The van der Waals surface area contributed by atoms with Crippen LogP contribution in [0.1, 0.15) is 48.5 Å². The number of hydrogen-bond acceptors (Lipinski definition) is 6. The van der Waals surface area contributed by atoms with E-state index in [9.17, 15) is 13.2 Å². The molecule has 2 aromatic heterocycles. The van der Waals surface area contributed by atoms with Crippen LogP contribution < -0.4 is 5.32 Å². The Bertz CT molecular complexity index is 1220. The number of benzene rings is 1. The Morgan fingerprint density at radius 1 is 1.15 bits per heavy atom. The van der Waals surface area contributed by atoms with Gasteiger partial charge in [0.25, 0.3) is 0 Å². The predicted molar refractivity (Wildman–Crippen MR) is 122 cm³/mol. The maximum atomic E-state index is 13.0. The Morgan fingerprint density at radius 3 is 2.42 bits per heavy atom. The number of nitrogens with zero attached hydrogens (tertiary/aromatic N) is 4. The third-order valence-electron chi connectivity index (χ3n) is 6.26. The summed E-state index contributed by atoms with van der Waals surface area (Å²) in [5.41, 5.74) is 3.24. The topological polar surface area (TPSA) is 110 Å². The number of hydrogen-bond donors (Lipinski definition) is 1. The standard InChI is InChI=1S/C23H29N5O4S/c1-15(21-14-24-28(17(21)3)20-8-6-5-7-9-20)25-23(29)19-10-12-27(13-11-19)33(30,31)22-16(2)26-32-18(22)4/h5-9,14-15,19H,10-13H2,1-4H3,(H,25,29). The van der Waals surface area contributed by atoms with Gasteiger partial charge in [-0.05, 0) is 52.7 Å². The summed E-state index contributed by atoms with van der Waals surface area (Å²) >= 11 is 0. The smallest absolute Gasteiger partial charge is 0.248 e. The molecular formula is C23H29N5O4S. The van der Waals surface area contributed by atoms with E-state index < -0.39 is 10.0 Å². The number of amides is 1. The van der Waals surface area contributed by atoms with E-state index in [4.69, 9.17) is 4.52 Å². The lowest BCUT2D eigenvalue weighted by molar-refractivity contribution is -0.126. The van der Waals surface area contributed by atoms with E-state index in [1.165, 1.54) is 4.31 Å². The van der Waals surface area contributed by atoms with Crippen LogP contribution in [-0.2, 0) is 14.8 Å². The van der Waals surface area contributed by atoms with Gasteiger partial charge in [0.05, 0.1) is 17.9 Å². The highest BCUT2D eigenvalue weighted by molar-refractivity contribution is 7.89. The molecule has 0 spiro atoms. The van der Waals surface area contributed by atoms with Crippen LogP contribution >= 0.6 is 0 Å². The maximum Gasteiger partial charge on any atom is 0.248 e. The molecule has 1 aliphatic rings. The number of sulfonamides is 1. The third-order valence-corrected chi connectivity index (χ3v) is 8.41. The molecule has 10 heteroatoms. The first-order chi connectivity index (χ1) is 15.7. The van der Waals surface area contributed by atoms with E-state index in [1.54, 1.807) is 20.0 Å². The van der Waals surface area contributed by atoms with E-state index in [1.807, 2.05) is 48.9 Å². The van der Waals surface area contributed by atoms with Crippen molar-refractivity contribution in [3.63, 3.8) is 0 Å². The molecule has 3 aromatic rings. The van der Waals surface area contributed by atoms with Crippen molar-refractivity contribution in [1.82, 2.24) is 24.6 Å². The van der Waals surface area contributed by atoms with E-state index >= 15 is 0 Å². The van der Waals surface area contributed by atoms with E-state index in [0.29, 0.717) is 18.5 Å². The monoisotopic (exact) mass is 471 g/mol. The number of rotatable bonds is 6. The molecule has 9 nitrogen and oxygen atoms in total. The highest BCUT2D eigenvalue weighted by Gasteiger charge is 2.35. The summed E-state index contributed by atoms with van der Waals surface area (Å²) in [6.07, 6.45) is 2.71. The molecule has 0 bridgehead atoms. The summed E-state index contributed by atoms with van der Waals surface area (Å²) in [5, 5.41) is 11.3. The second-order valence-corrected chi connectivity index (χ2v) is 10.4. The van der Waals surface area contributed by atoms with Gasteiger partial charge in [-0.1, -0.05) is 23.4 Å². The fraction of sp³-hybridized carbons (Fsp3) is 0.435. The molecule has 1 unspecified atom stereocenters. The lowest BCUT2D eigenvalue weighted by Gasteiger charge is -2.31. The first-order valence-electron chi connectivity index (χ1n) is 11.0. The van der Waals surface area contributed by atoms with Crippen molar-refractivity contribution in [3.05, 3.63) is 59.2 Å². The van der Waals surface area contributed by atoms with Crippen molar-refractivity contribution in [2.24, 2.45) is 5.92 Å². The van der Waals surface area contributed by atoms with Crippen LogP contribution in [0.5, 0.6) is 0 Å². The molecule has 1 fully saturated rings. The molecule has 0 radical (unpaired) electrons. The van der Waals surface area contributed by atoms with Crippen LogP contribution in [0, 0.1) is 26.7 Å². The minimum atomic E-state index is -3.69. The van der Waals surface area contributed by atoms with Gasteiger partial charge in [-0.2, -0.15) is 9.40 Å². The van der Waals surface area contributed by atoms with Gasteiger partial charge in [0.15, 0.2) is 5.76 Å². The number of aromatic nitrogens is 3. The lowest BCUT2D eigenvalue weighted by atomic mass is 9.96. The number of carbonyl (C=O) groups is 1. The Morgan fingerprint density at radius 2 is 1.82 bits per heavy atom. The number of carbonyl (C=O) groups excluding carboxylic acids is 1. The van der Waals surface area contributed by atoms with Crippen molar-refractivity contribution in [2.75, 3.05) is 13.1 Å². The maximum absolute atomic E-state index is 13.0. The van der Waals surface area contributed by atoms with Crippen molar-refractivity contribution < 1.29 is 17.7 Å². The molecule has 1 aliphatic heterocycles. The molecule has 176 valence electrons. The van der Waals surface area contributed by atoms with Gasteiger partial charge in [-0.15, -0.1) is 0 Å². The van der Waals surface area contributed by atoms with Gasteiger partial charge in [0.1, 0.15) is 10.6 Å². The first kappa shape index (κ1) is 23.2. The van der Waals surface area contributed by atoms with Crippen LogP contribution in [-0.4, -0.2) is 46.7 Å². The van der Waals surface area contributed by atoms with Crippen LogP contribution in [0.4, 0.5) is 0 Å². The van der Waals surface area contributed by atoms with Gasteiger partial charge in [-0.3, -0.25) is 4.79 Å². The van der Waals surface area contributed by atoms with Gasteiger partial charge in [0.2, 0.25) is 15.9 Å². The average Bonchev–Trinajstić information content (AvgIpc) is 3.36. The Balaban J connectivity index is 1.38. The predicted octanol–water partition coefficient (Wildman–Crippen LogP) is 3.06. The summed E-state index contributed by atoms with van der Waals surface area (Å²) in [4.78, 5) is 13.1. The van der Waals surface area contributed by atoms with Crippen molar-refractivity contribution in [2.45, 2.75) is 51.5 Å². The molecular weight excluding hydrogens is 442 g/mol. The van der Waals surface area contributed by atoms with E-state index in [-0.39, 0.29) is 41.6 Å². The fourth-order valence-corrected chi connectivity index (χ4v) is 6.18. The minimum Gasteiger partial charge on any atom is -0.360 e. The SMILES string of the molecule is Cc1noc(C)c1S(=O)(=O)N1CCC(C(=O)NC(C)c2cnn(-c3ccccc3)c2C)CC1. The van der Waals surface area contributed by atoms with Crippen molar-refractivity contribution >= 4 is 15.9 Å². The Labute approximate surface area is 193 Å².